The predicted molar refractivity (Wildman–Crippen MR) is 365 cm³/mol. The van der Waals surface area contributed by atoms with Crippen LogP contribution in [-0.2, 0) is 46.9 Å². The van der Waals surface area contributed by atoms with E-state index in [2.05, 4.69) is 71.5 Å². The first-order valence-electron chi connectivity index (χ1n) is 34.0. The lowest BCUT2D eigenvalue weighted by Gasteiger charge is -2.25. The molecule has 5 N–H and O–H groups in total. The van der Waals surface area contributed by atoms with Gasteiger partial charge in [0, 0.05) is 137 Å². The van der Waals surface area contributed by atoms with Crippen molar-refractivity contribution < 1.29 is 77.1 Å². The van der Waals surface area contributed by atoms with Crippen LogP contribution < -0.4 is 10.6 Å². The molecule has 12 rings (SSSR count). The van der Waals surface area contributed by atoms with Crippen LogP contribution in [0.25, 0.3) is 49.9 Å². The summed E-state index contributed by atoms with van der Waals surface area (Å²) in [5, 5.41) is 54.2. The van der Waals surface area contributed by atoms with Gasteiger partial charge in [-0.2, -0.15) is 40.9 Å². The molecule has 0 aliphatic heterocycles. The highest BCUT2D eigenvalue weighted by Crippen LogP contribution is 2.42. The third kappa shape index (κ3) is 19.9. The van der Waals surface area contributed by atoms with E-state index in [1.807, 2.05) is 33.7 Å². The number of aliphatic hydroxyl groups excluding tert-OH is 3. The Kier molecular flexibility index (Phi) is 25.4. The van der Waals surface area contributed by atoms with Gasteiger partial charge in [-0.15, -0.1) is 10.2 Å². The van der Waals surface area contributed by atoms with Crippen molar-refractivity contribution in [2.24, 2.45) is 5.92 Å². The number of pyridine rings is 2. The Morgan fingerprint density at radius 1 is 0.569 bits per heavy atom. The van der Waals surface area contributed by atoms with Gasteiger partial charge in [-0.3, -0.25) is 14.6 Å². The number of aliphatic hydroxyl groups is 3. The SMILES string of the molecule is CCS(=O)(=O)c1cncc(-c2cc(C3CCC(O)CC3)n3nc(N[C@@H](C)COC(F)F)ncc23)c1.COCCn1cc(-c2cc(C3CCC(O)CC3)n3nc(N[C@@H](C)COC(F)F)ncc23)cn1.C[C@H](Cc1ncc2c(-c3cncc(S(C)(=O)=O)c3)cc(C3CCC(O)CC3)n2n1)CC(F)(F)F. The van der Waals surface area contributed by atoms with Crippen LogP contribution in [0.1, 0.15) is 152 Å². The first-order chi connectivity index (χ1) is 48.5. The zero-order valence-corrected chi connectivity index (χ0v) is 59.0. The average Bonchev–Trinajstić information content (AvgIpc) is 1.63. The number of hydrogen-bond donors (Lipinski definition) is 5. The topological polar surface area (TPSA) is 315 Å². The summed E-state index contributed by atoms with van der Waals surface area (Å²) in [6.07, 6.45) is 18.6. The molecule has 9 aromatic heterocycles. The summed E-state index contributed by atoms with van der Waals surface area (Å²) in [6, 6.07) is 8.33. The van der Waals surface area contributed by atoms with Crippen LogP contribution in [0.2, 0.25) is 0 Å². The first kappa shape index (κ1) is 76.8. The molecule has 3 saturated carbocycles. The van der Waals surface area contributed by atoms with Crippen LogP contribution >= 0.6 is 0 Å². The number of aromatic nitrogens is 13. The van der Waals surface area contributed by atoms with E-state index in [9.17, 15) is 62.9 Å². The molecule has 0 bridgehead atoms. The van der Waals surface area contributed by atoms with E-state index in [1.54, 1.807) is 80.0 Å². The normalized spacial score (nSPS) is 20.1. The summed E-state index contributed by atoms with van der Waals surface area (Å²) in [5.74, 6) is 0.688. The number of anilines is 2. The lowest BCUT2D eigenvalue weighted by atomic mass is 9.85. The van der Waals surface area contributed by atoms with Crippen molar-refractivity contribution >= 4 is 48.1 Å². The lowest BCUT2D eigenvalue weighted by molar-refractivity contribution is -0.143. The molecule has 3 aliphatic rings. The monoisotopic (exact) mass is 1470 g/mol. The fraction of sp³-hybridized carbons (Fsp3) is 0.544. The molecule has 102 heavy (non-hydrogen) atoms. The van der Waals surface area contributed by atoms with Crippen molar-refractivity contribution in [3.63, 3.8) is 0 Å². The number of halogens is 7. The molecule has 3 atom stereocenters. The quantitative estimate of drug-likeness (QED) is 0.0332. The van der Waals surface area contributed by atoms with Gasteiger partial charge in [-0.1, -0.05) is 13.8 Å². The van der Waals surface area contributed by atoms with Crippen molar-refractivity contribution in [1.82, 2.24) is 63.5 Å². The smallest absolute Gasteiger partial charge is 0.389 e. The summed E-state index contributed by atoms with van der Waals surface area (Å²) in [5.41, 5.74) is 9.54. The number of alkyl halides is 7. The number of hydrogen-bond acceptors (Lipinski definition) is 21. The maximum atomic E-state index is 12.8. The molecule has 3 aliphatic carbocycles. The van der Waals surface area contributed by atoms with Gasteiger partial charge in [-0.25, -0.2) is 45.3 Å². The molecule has 554 valence electrons. The highest BCUT2D eigenvalue weighted by Gasteiger charge is 2.33. The lowest BCUT2D eigenvalue weighted by Crippen LogP contribution is -2.25. The fourth-order valence-electron chi connectivity index (χ4n) is 13.2. The van der Waals surface area contributed by atoms with Gasteiger partial charge in [0.15, 0.2) is 19.7 Å². The zero-order valence-electron chi connectivity index (χ0n) is 57.3. The van der Waals surface area contributed by atoms with E-state index in [-0.39, 0.29) is 77.2 Å². The van der Waals surface area contributed by atoms with Gasteiger partial charge in [0.25, 0.3) is 0 Å². The highest BCUT2D eigenvalue weighted by molar-refractivity contribution is 7.91. The van der Waals surface area contributed by atoms with E-state index >= 15 is 0 Å². The Morgan fingerprint density at radius 2 is 0.990 bits per heavy atom. The molecule has 25 nitrogen and oxygen atoms in total. The Hall–Kier alpha value is -7.86. The minimum atomic E-state index is -4.25. The molecule has 0 saturated heterocycles. The van der Waals surface area contributed by atoms with Gasteiger partial charge in [0.1, 0.15) is 5.82 Å². The average molecular weight is 1470 g/mol. The second kappa shape index (κ2) is 33.7. The predicted octanol–water partition coefficient (Wildman–Crippen LogP) is 11.3. The van der Waals surface area contributed by atoms with Crippen molar-refractivity contribution in [2.75, 3.05) is 49.6 Å². The minimum absolute atomic E-state index is 0.0319. The maximum absolute atomic E-state index is 12.8. The van der Waals surface area contributed by atoms with E-state index in [0.717, 1.165) is 96.9 Å². The molecule has 0 radical (unpaired) electrons. The van der Waals surface area contributed by atoms with Crippen LogP contribution in [0.15, 0.2) is 95.9 Å². The van der Waals surface area contributed by atoms with Gasteiger partial charge in [0.2, 0.25) is 11.9 Å². The van der Waals surface area contributed by atoms with Crippen LogP contribution in [0.3, 0.4) is 0 Å². The molecule has 9 heterocycles. The third-order valence-corrected chi connectivity index (χ3v) is 21.3. The molecule has 0 aromatic carbocycles. The van der Waals surface area contributed by atoms with E-state index in [4.69, 9.17) is 4.74 Å². The third-order valence-electron chi connectivity index (χ3n) is 18.5. The van der Waals surface area contributed by atoms with Crippen molar-refractivity contribution in [3.8, 4) is 33.4 Å². The van der Waals surface area contributed by atoms with E-state index in [1.165, 1.54) is 19.3 Å². The number of rotatable bonds is 25. The van der Waals surface area contributed by atoms with Crippen LogP contribution in [0.5, 0.6) is 0 Å². The maximum Gasteiger partial charge on any atom is 0.389 e. The summed E-state index contributed by atoms with van der Waals surface area (Å²) in [6.45, 7) is 1.69. The molecule has 0 unspecified atom stereocenters. The first-order valence-corrected chi connectivity index (χ1v) is 37.5. The summed E-state index contributed by atoms with van der Waals surface area (Å²) in [7, 11) is -5.24. The fourth-order valence-corrected chi connectivity index (χ4v) is 14.7. The largest absolute Gasteiger partial charge is 0.393 e. The van der Waals surface area contributed by atoms with Crippen LogP contribution in [0, 0.1) is 5.92 Å². The number of sulfone groups is 2. The van der Waals surface area contributed by atoms with Crippen molar-refractivity contribution in [3.05, 3.63) is 109 Å². The van der Waals surface area contributed by atoms with Gasteiger partial charge in [-0.05, 0) is 127 Å². The second-order valence-electron chi connectivity index (χ2n) is 26.6. The summed E-state index contributed by atoms with van der Waals surface area (Å²) < 4.78 is 158. The molecule has 0 amide bonds. The Bertz CT molecular complexity index is 4500. The molecular weight excluding hydrogens is 1380 g/mol. The Morgan fingerprint density at radius 3 is 1.41 bits per heavy atom. The van der Waals surface area contributed by atoms with Crippen LogP contribution in [-0.4, -0.2) is 184 Å². The van der Waals surface area contributed by atoms with Crippen molar-refractivity contribution in [1.29, 1.82) is 0 Å². The second-order valence-corrected chi connectivity index (χ2v) is 30.9. The molecule has 34 heteroatoms. The Balaban J connectivity index is 0.000000165. The number of ether oxygens (including phenoxy) is 3. The molecule has 0 spiro atoms. The van der Waals surface area contributed by atoms with Crippen molar-refractivity contribution in [2.45, 2.75) is 201 Å². The molecular formula is C68H86F7N15O10S2. The zero-order chi connectivity index (χ0) is 73.2. The number of fused-ring (bicyclic) bond motifs is 3. The number of nitrogens with zero attached hydrogens (tertiary/aromatic N) is 13. The molecule has 9 aromatic rings. The summed E-state index contributed by atoms with van der Waals surface area (Å²) in [4.78, 5) is 21.6. The van der Waals surface area contributed by atoms with E-state index in [0.29, 0.717) is 78.3 Å². The minimum Gasteiger partial charge on any atom is -0.393 e. The van der Waals surface area contributed by atoms with Gasteiger partial charge < -0.3 is 40.2 Å². The van der Waals surface area contributed by atoms with Gasteiger partial charge in [0.05, 0.1) is 102 Å². The van der Waals surface area contributed by atoms with Gasteiger partial charge >= 0.3 is 19.4 Å². The van der Waals surface area contributed by atoms with Crippen LogP contribution in [0.4, 0.5) is 42.6 Å². The summed E-state index contributed by atoms with van der Waals surface area (Å²) >= 11 is 0. The molecule has 3 fully saturated rings. The standard InChI is InChI=1S/C23H27F3N4O3S.C23H29F2N5O4S.C22H30F2N6O3/c1-14(10-23(24,25)26)7-22-28-13-21-19(16-8-18(12-27-11-16)34(2,32)33)9-20(30(21)29-22)15-3-5-17(31)6-4-15;1-3-35(32,33)18-8-16(10-26-11-18)19-9-20(15-4-6-17(31)7-5-15)30-21(19)12-27-23(29-30)28-14(2)13-34-22(24)25;1-14(13-33-21(23)24)27-22-25-11-20-18(16-10-26-29(12-16)7-8-32-2)9-19(30(20)28-22)15-3-5-17(31)6-4-15/h8-9,11-15,17,31H,3-7,10H2,1-2H3;8-12,14-15,17,22,31H,3-7,13H2,1-2H3,(H,28,29);9-12,14-15,17,21,31H,3-8,13H2,1-2H3,(H,27,28)/t3*14-,15?,17?/m100/s1. The highest BCUT2D eigenvalue weighted by atomic mass is 32.2. The number of nitrogens with one attached hydrogen (secondary N) is 2. The van der Waals surface area contributed by atoms with E-state index < -0.39 is 63.5 Å². The Labute approximate surface area is 585 Å². The number of methoxy groups -OCH3 is 1.